The van der Waals surface area contributed by atoms with E-state index in [-0.39, 0.29) is 36.3 Å². The van der Waals surface area contributed by atoms with Gasteiger partial charge in [0.15, 0.2) is 0 Å². The summed E-state index contributed by atoms with van der Waals surface area (Å²) < 4.78 is 35.6. The first-order valence-electron chi connectivity index (χ1n) is 11.9. The summed E-state index contributed by atoms with van der Waals surface area (Å²) in [5.74, 6) is -1.14. The summed E-state index contributed by atoms with van der Waals surface area (Å²) in [6.45, 7) is 3.11. The summed E-state index contributed by atoms with van der Waals surface area (Å²) >= 11 is 0. The van der Waals surface area contributed by atoms with Crippen molar-refractivity contribution in [3.8, 4) is 5.69 Å². The standard InChI is InChI=1S/C27H27F2N5O2/c1-17-8-21(6-7-30-17)34-26-13-31-20(9-18(26)12-32-34)11-22(35)10-19-14-33(16-27(19)36-2)15-23-24(28)4-3-5-25(23)29/h3-9,12-13,19,27H,10-11,14-16H2,1-2H3/t19-,27-/m0/s1. The number of hydrogen-bond acceptors (Lipinski definition) is 6. The number of ether oxygens (including phenoxy) is 1. The van der Waals surface area contributed by atoms with E-state index in [0.29, 0.717) is 25.2 Å². The third kappa shape index (κ3) is 5.03. The Labute approximate surface area is 207 Å². The molecule has 0 saturated carbocycles. The molecule has 0 unspecified atom stereocenters. The minimum Gasteiger partial charge on any atom is -0.380 e. The van der Waals surface area contributed by atoms with Crippen molar-refractivity contribution in [2.45, 2.75) is 32.4 Å². The minimum absolute atomic E-state index is 0.0410. The number of likely N-dealkylation sites (tertiary alicyclic amines) is 1. The van der Waals surface area contributed by atoms with Crippen LogP contribution in [0.15, 0.2) is 55.0 Å². The van der Waals surface area contributed by atoms with Gasteiger partial charge in [-0.25, -0.2) is 13.5 Å². The zero-order chi connectivity index (χ0) is 25.2. The van der Waals surface area contributed by atoms with E-state index in [9.17, 15) is 13.6 Å². The zero-order valence-electron chi connectivity index (χ0n) is 20.2. The lowest BCUT2D eigenvalue weighted by Crippen LogP contribution is -2.24. The first-order valence-corrected chi connectivity index (χ1v) is 11.9. The highest BCUT2D eigenvalue weighted by atomic mass is 19.1. The van der Waals surface area contributed by atoms with E-state index in [1.54, 1.807) is 30.4 Å². The average molecular weight is 492 g/mol. The number of ketones is 1. The second kappa shape index (κ2) is 10.2. The average Bonchev–Trinajstić information content (AvgIpc) is 3.44. The maximum atomic E-state index is 14.1. The highest BCUT2D eigenvalue weighted by Crippen LogP contribution is 2.27. The van der Waals surface area contributed by atoms with Crippen LogP contribution in [0.25, 0.3) is 16.6 Å². The molecular weight excluding hydrogens is 464 g/mol. The second-order valence-electron chi connectivity index (χ2n) is 9.29. The molecule has 4 aromatic rings. The van der Waals surface area contributed by atoms with E-state index < -0.39 is 11.6 Å². The van der Waals surface area contributed by atoms with Gasteiger partial charge in [0.05, 0.1) is 29.7 Å². The van der Waals surface area contributed by atoms with Crippen molar-refractivity contribution >= 4 is 16.7 Å². The van der Waals surface area contributed by atoms with Crippen LogP contribution in [0, 0.1) is 24.5 Å². The van der Waals surface area contributed by atoms with Crippen molar-refractivity contribution < 1.29 is 18.3 Å². The number of carbonyl (C=O) groups is 1. The highest BCUT2D eigenvalue weighted by Gasteiger charge is 2.34. The van der Waals surface area contributed by atoms with Crippen LogP contribution in [0.3, 0.4) is 0 Å². The number of carbonyl (C=O) groups excluding carboxylic acids is 1. The van der Waals surface area contributed by atoms with Crippen LogP contribution in [0.1, 0.15) is 23.4 Å². The van der Waals surface area contributed by atoms with Crippen molar-refractivity contribution in [3.63, 3.8) is 0 Å². The summed E-state index contributed by atoms with van der Waals surface area (Å²) in [7, 11) is 1.60. The number of benzene rings is 1. The molecule has 0 amide bonds. The molecule has 0 aliphatic carbocycles. The van der Waals surface area contributed by atoms with Crippen molar-refractivity contribution in [1.29, 1.82) is 0 Å². The van der Waals surface area contributed by atoms with Gasteiger partial charge in [-0.05, 0) is 37.3 Å². The molecule has 2 atom stereocenters. The van der Waals surface area contributed by atoms with Crippen LogP contribution in [-0.4, -0.2) is 56.7 Å². The molecule has 1 aromatic carbocycles. The van der Waals surface area contributed by atoms with Gasteiger partial charge in [0.25, 0.3) is 0 Å². The van der Waals surface area contributed by atoms with Gasteiger partial charge in [0, 0.05) is 74.0 Å². The van der Waals surface area contributed by atoms with Gasteiger partial charge in [0.1, 0.15) is 17.4 Å². The second-order valence-corrected chi connectivity index (χ2v) is 9.29. The van der Waals surface area contributed by atoms with E-state index in [0.717, 1.165) is 22.3 Å². The number of fused-ring (bicyclic) bond motifs is 1. The van der Waals surface area contributed by atoms with Gasteiger partial charge in [-0.3, -0.25) is 19.7 Å². The normalized spacial score (nSPS) is 18.2. The van der Waals surface area contributed by atoms with E-state index in [2.05, 4.69) is 15.1 Å². The number of nitrogens with zero attached hydrogens (tertiary/aromatic N) is 5. The van der Waals surface area contributed by atoms with Crippen LogP contribution in [0.4, 0.5) is 8.78 Å². The molecule has 0 N–H and O–H groups in total. The van der Waals surface area contributed by atoms with Gasteiger partial charge < -0.3 is 4.74 Å². The Balaban J connectivity index is 1.24. The SMILES string of the molecule is CO[C@H]1CN(Cc2c(F)cccc2F)C[C@@H]1CC(=O)Cc1cc2cnn(-c3ccnc(C)c3)c2cn1. The largest absolute Gasteiger partial charge is 0.380 e. The Bertz CT molecular complexity index is 1390. The predicted octanol–water partition coefficient (Wildman–Crippen LogP) is 4.05. The van der Waals surface area contributed by atoms with E-state index in [1.165, 1.54) is 18.2 Å². The Kier molecular flexibility index (Phi) is 6.84. The fourth-order valence-corrected chi connectivity index (χ4v) is 4.93. The van der Waals surface area contributed by atoms with Crippen molar-refractivity contribution in [2.75, 3.05) is 20.2 Å². The summed E-state index contributed by atoms with van der Waals surface area (Å²) in [5.41, 5.74) is 3.36. The third-order valence-corrected chi connectivity index (χ3v) is 6.71. The Morgan fingerprint density at radius 3 is 2.67 bits per heavy atom. The molecule has 9 heteroatoms. The van der Waals surface area contributed by atoms with Crippen molar-refractivity contribution in [1.82, 2.24) is 24.6 Å². The quantitative estimate of drug-likeness (QED) is 0.370. The number of halogens is 2. The fourth-order valence-electron chi connectivity index (χ4n) is 4.93. The summed E-state index contributed by atoms with van der Waals surface area (Å²) in [5, 5.41) is 5.37. The van der Waals surface area contributed by atoms with Gasteiger partial charge >= 0.3 is 0 Å². The number of rotatable bonds is 8. The van der Waals surface area contributed by atoms with Crippen molar-refractivity contribution in [2.24, 2.45) is 5.92 Å². The van der Waals surface area contributed by atoms with Gasteiger partial charge in [0.2, 0.25) is 0 Å². The molecule has 1 saturated heterocycles. The Morgan fingerprint density at radius 2 is 1.92 bits per heavy atom. The highest BCUT2D eigenvalue weighted by molar-refractivity contribution is 5.84. The Hall–Kier alpha value is -3.56. The minimum atomic E-state index is -0.563. The molecule has 5 rings (SSSR count). The van der Waals surface area contributed by atoms with E-state index >= 15 is 0 Å². The number of hydrogen-bond donors (Lipinski definition) is 0. The van der Waals surface area contributed by atoms with E-state index in [4.69, 9.17) is 4.74 Å². The molecule has 1 fully saturated rings. The number of aryl methyl sites for hydroxylation is 1. The smallest absolute Gasteiger partial charge is 0.139 e. The lowest BCUT2D eigenvalue weighted by molar-refractivity contribution is -0.120. The molecule has 7 nitrogen and oxygen atoms in total. The number of aromatic nitrogens is 4. The molecule has 1 aliphatic rings. The van der Waals surface area contributed by atoms with Gasteiger partial charge in [-0.15, -0.1) is 0 Å². The summed E-state index contributed by atoms with van der Waals surface area (Å²) in [4.78, 5) is 23.6. The molecule has 0 bridgehead atoms. The lowest BCUT2D eigenvalue weighted by atomic mass is 9.97. The van der Waals surface area contributed by atoms with Crippen LogP contribution in [0.5, 0.6) is 0 Å². The molecule has 1 aliphatic heterocycles. The topological polar surface area (TPSA) is 73.1 Å². The molecular formula is C27H27F2N5O2. The maximum Gasteiger partial charge on any atom is 0.139 e. The number of methoxy groups -OCH3 is 1. The van der Waals surface area contributed by atoms with Gasteiger partial charge in [-0.2, -0.15) is 5.10 Å². The monoisotopic (exact) mass is 491 g/mol. The molecule has 186 valence electrons. The number of pyridine rings is 2. The summed E-state index contributed by atoms with van der Waals surface area (Å²) in [6.07, 6.45) is 5.57. The fraction of sp³-hybridized carbons (Fsp3) is 0.333. The molecule has 4 heterocycles. The van der Waals surface area contributed by atoms with Crippen LogP contribution < -0.4 is 0 Å². The molecule has 0 spiro atoms. The maximum absolute atomic E-state index is 14.1. The first kappa shape index (κ1) is 24.1. The predicted molar refractivity (Wildman–Crippen MR) is 131 cm³/mol. The third-order valence-electron chi connectivity index (χ3n) is 6.71. The lowest BCUT2D eigenvalue weighted by Gasteiger charge is -2.16. The van der Waals surface area contributed by atoms with E-state index in [1.807, 2.05) is 30.0 Å². The molecule has 36 heavy (non-hydrogen) atoms. The van der Waals surface area contributed by atoms with Gasteiger partial charge in [-0.1, -0.05) is 6.07 Å². The van der Waals surface area contributed by atoms with Crippen LogP contribution >= 0.6 is 0 Å². The number of Topliss-reactive ketones (excluding diaryl/α,β-unsaturated/α-hetero) is 1. The Morgan fingerprint density at radius 1 is 1.11 bits per heavy atom. The van der Waals surface area contributed by atoms with Crippen LogP contribution in [-0.2, 0) is 22.5 Å². The first-order chi connectivity index (χ1) is 17.4. The zero-order valence-corrected chi connectivity index (χ0v) is 20.2. The van der Waals surface area contributed by atoms with Crippen LogP contribution in [0.2, 0.25) is 0 Å². The molecule has 0 radical (unpaired) electrons. The van der Waals surface area contributed by atoms with Crippen molar-refractivity contribution in [3.05, 3.63) is 83.6 Å². The summed E-state index contributed by atoms with van der Waals surface area (Å²) in [6, 6.07) is 9.59. The molecule has 3 aromatic heterocycles.